The number of hydrogen-bond acceptors (Lipinski definition) is 5. The highest BCUT2D eigenvalue weighted by Crippen LogP contribution is 2.33. The summed E-state index contributed by atoms with van der Waals surface area (Å²) in [7, 11) is -1.63. The van der Waals surface area contributed by atoms with Crippen LogP contribution in [-0.2, 0) is 22.1 Å². The number of hydrogen-bond donors (Lipinski definition) is 0. The van der Waals surface area contributed by atoms with Crippen molar-refractivity contribution in [1.82, 2.24) is 4.98 Å². The van der Waals surface area contributed by atoms with Crippen molar-refractivity contribution in [2.45, 2.75) is 25.1 Å². The molecule has 2 rings (SSSR count). The molecule has 0 saturated carbocycles. The van der Waals surface area contributed by atoms with Crippen LogP contribution in [0.2, 0.25) is 0 Å². The maximum atomic E-state index is 12.0. The molecule has 0 aliphatic heterocycles. The first kappa shape index (κ1) is 22.0. The van der Waals surface area contributed by atoms with Crippen molar-refractivity contribution < 1.29 is 17.9 Å². The summed E-state index contributed by atoms with van der Waals surface area (Å²) >= 11 is 9.45. The third-order valence-electron chi connectivity index (χ3n) is 4.07. The smallest absolute Gasteiger partial charge is 0.161 e. The van der Waals surface area contributed by atoms with Crippen LogP contribution >= 0.6 is 27.5 Å². The van der Waals surface area contributed by atoms with Crippen LogP contribution in [0.25, 0.3) is 0 Å². The lowest BCUT2D eigenvalue weighted by Crippen LogP contribution is -2.17. The lowest BCUT2D eigenvalue weighted by Gasteiger charge is -2.19. The molecular formula is C19H23BrClNO4S. The van der Waals surface area contributed by atoms with E-state index in [9.17, 15) is 8.42 Å². The molecule has 1 heterocycles. The van der Waals surface area contributed by atoms with Gasteiger partial charge in [0.15, 0.2) is 11.5 Å². The number of alkyl halides is 1. The van der Waals surface area contributed by atoms with Gasteiger partial charge < -0.3 is 9.47 Å². The molecule has 1 atom stereocenters. The van der Waals surface area contributed by atoms with Crippen LogP contribution in [0.4, 0.5) is 0 Å². The van der Waals surface area contributed by atoms with E-state index in [1.807, 2.05) is 25.1 Å². The highest BCUT2D eigenvalue weighted by atomic mass is 79.9. The number of nitrogens with zero attached hydrogens (tertiary/aromatic N) is 1. The fourth-order valence-corrected chi connectivity index (χ4v) is 4.55. The summed E-state index contributed by atoms with van der Waals surface area (Å²) in [6, 6.07) is 7.42. The Balaban J connectivity index is 2.45. The number of pyridine rings is 1. The van der Waals surface area contributed by atoms with Crippen molar-refractivity contribution in [1.29, 1.82) is 0 Å². The number of benzene rings is 1. The van der Waals surface area contributed by atoms with E-state index in [1.54, 1.807) is 19.4 Å². The minimum Gasteiger partial charge on any atom is -0.493 e. The Labute approximate surface area is 174 Å². The number of halogens is 2. The molecule has 5 nitrogen and oxygen atoms in total. The van der Waals surface area contributed by atoms with Crippen LogP contribution in [-0.4, -0.2) is 39.1 Å². The van der Waals surface area contributed by atoms with Crippen LogP contribution in [0.1, 0.15) is 29.7 Å². The highest BCUT2D eigenvalue weighted by Gasteiger charge is 2.22. The Kier molecular flexibility index (Phi) is 7.94. The van der Waals surface area contributed by atoms with Crippen molar-refractivity contribution >= 4 is 37.4 Å². The number of rotatable bonds is 9. The molecule has 148 valence electrons. The predicted molar refractivity (Wildman–Crippen MR) is 112 cm³/mol. The Bertz CT molecular complexity index is 889. The summed E-state index contributed by atoms with van der Waals surface area (Å²) in [4.78, 5) is 4.45. The Morgan fingerprint density at radius 2 is 2.00 bits per heavy atom. The van der Waals surface area contributed by atoms with E-state index in [-0.39, 0.29) is 11.7 Å². The van der Waals surface area contributed by atoms with Crippen molar-refractivity contribution in [3.8, 4) is 11.5 Å². The molecule has 27 heavy (non-hydrogen) atoms. The molecule has 0 spiro atoms. The van der Waals surface area contributed by atoms with Crippen LogP contribution < -0.4 is 9.47 Å². The standard InChI is InChI=1S/C19H23BrClNO4S/c1-4-26-19-9-13(5-6-18(19)25-2)15(12-27(3,23)24)8-17-14(10-21)7-16(20)11-22-17/h5-7,9,11,15H,4,8,10,12H2,1-3H3. The lowest BCUT2D eigenvalue weighted by molar-refractivity contribution is 0.310. The van der Waals surface area contributed by atoms with Gasteiger partial charge in [-0.05, 0) is 58.6 Å². The molecule has 0 amide bonds. The predicted octanol–water partition coefficient (Wildman–Crippen LogP) is 4.36. The van der Waals surface area contributed by atoms with Crippen LogP contribution in [0.15, 0.2) is 34.9 Å². The summed E-state index contributed by atoms with van der Waals surface area (Å²) in [6.45, 7) is 2.37. The zero-order chi connectivity index (χ0) is 20.0. The molecule has 1 unspecified atom stereocenters. The minimum atomic E-state index is -3.20. The topological polar surface area (TPSA) is 65.5 Å². The molecule has 0 fully saturated rings. The second-order valence-corrected chi connectivity index (χ2v) is 9.60. The molecule has 0 radical (unpaired) electrons. The second-order valence-electron chi connectivity index (χ2n) is 6.23. The van der Waals surface area contributed by atoms with Crippen molar-refractivity contribution in [2.24, 2.45) is 0 Å². The SMILES string of the molecule is CCOc1cc(C(Cc2ncc(Br)cc2CCl)CS(C)(=O)=O)ccc1OC. The maximum Gasteiger partial charge on any atom is 0.161 e. The van der Waals surface area contributed by atoms with Crippen molar-refractivity contribution in [2.75, 3.05) is 25.7 Å². The van der Waals surface area contributed by atoms with Gasteiger partial charge in [-0.2, -0.15) is 0 Å². The Morgan fingerprint density at radius 1 is 1.26 bits per heavy atom. The van der Waals surface area contributed by atoms with Crippen molar-refractivity contribution in [3.63, 3.8) is 0 Å². The maximum absolute atomic E-state index is 12.0. The molecule has 0 saturated heterocycles. The third kappa shape index (κ3) is 6.36. The Morgan fingerprint density at radius 3 is 2.59 bits per heavy atom. The average molecular weight is 477 g/mol. The van der Waals surface area contributed by atoms with E-state index in [2.05, 4.69) is 20.9 Å². The molecule has 0 aliphatic carbocycles. The van der Waals surface area contributed by atoms with E-state index in [1.165, 1.54) is 6.26 Å². The first-order valence-corrected chi connectivity index (χ1v) is 11.8. The lowest BCUT2D eigenvalue weighted by atomic mass is 9.94. The van der Waals surface area contributed by atoms with Gasteiger partial charge in [-0.25, -0.2) is 8.42 Å². The molecule has 8 heteroatoms. The van der Waals surface area contributed by atoms with Gasteiger partial charge in [0.1, 0.15) is 9.84 Å². The van der Waals surface area contributed by atoms with Gasteiger partial charge in [-0.3, -0.25) is 4.98 Å². The van der Waals surface area contributed by atoms with Crippen LogP contribution in [0.3, 0.4) is 0 Å². The summed E-state index contributed by atoms with van der Waals surface area (Å²) in [5.41, 5.74) is 2.52. The Hall–Kier alpha value is -1.31. The van der Waals surface area contributed by atoms with Gasteiger partial charge in [-0.1, -0.05) is 6.07 Å². The summed E-state index contributed by atoms with van der Waals surface area (Å²) in [5.74, 6) is 1.24. The quantitative estimate of drug-likeness (QED) is 0.503. The highest BCUT2D eigenvalue weighted by molar-refractivity contribution is 9.10. The van der Waals surface area contributed by atoms with E-state index >= 15 is 0 Å². The number of ether oxygens (including phenoxy) is 2. The number of sulfone groups is 1. The van der Waals surface area contributed by atoms with E-state index < -0.39 is 9.84 Å². The van der Waals surface area contributed by atoms with E-state index in [4.69, 9.17) is 21.1 Å². The third-order valence-corrected chi connectivity index (χ3v) is 5.80. The monoisotopic (exact) mass is 475 g/mol. The van der Waals surface area contributed by atoms with E-state index in [0.717, 1.165) is 21.3 Å². The first-order chi connectivity index (χ1) is 12.8. The fourth-order valence-electron chi connectivity index (χ4n) is 2.90. The molecular weight excluding hydrogens is 454 g/mol. The molecule has 1 aromatic heterocycles. The largest absolute Gasteiger partial charge is 0.493 e. The minimum absolute atomic E-state index is 0.00433. The van der Waals surface area contributed by atoms with E-state index in [0.29, 0.717) is 30.4 Å². The van der Waals surface area contributed by atoms with Crippen LogP contribution in [0.5, 0.6) is 11.5 Å². The molecule has 0 bridgehead atoms. The van der Waals surface area contributed by atoms with Crippen LogP contribution in [0, 0.1) is 0 Å². The second kappa shape index (κ2) is 9.75. The van der Waals surface area contributed by atoms with Gasteiger partial charge >= 0.3 is 0 Å². The molecule has 0 aliphatic rings. The summed E-state index contributed by atoms with van der Waals surface area (Å²) in [5, 5.41) is 0. The molecule has 1 aromatic carbocycles. The molecule has 2 aromatic rings. The fraction of sp³-hybridized carbons (Fsp3) is 0.421. The molecule has 0 N–H and O–H groups in total. The van der Waals surface area contributed by atoms with Gasteiger partial charge in [-0.15, -0.1) is 11.6 Å². The summed E-state index contributed by atoms with van der Waals surface area (Å²) in [6.07, 6.45) is 3.40. The average Bonchev–Trinajstić information content (AvgIpc) is 2.61. The number of methoxy groups -OCH3 is 1. The summed E-state index contributed by atoms with van der Waals surface area (Å²) < 4.78 is 35.9. The van der Waals surface area contributed by atoms with Gasteiger partial charge in [0.05, 0.1) is 19.5 Å². The van der Waals surface area contributed by atoms with Gasteiger partial charge in [0.25, 0.3) is 0 Å². The number of aromatic nitrogens is 1. The van der Waals surface area contributed by atoms with Gasteiger partial charge in [0.2, 0.25) is 0 Å². The zero-order valence-corrected chi connectivity index (χ0v) is 18.7. The van der Waals surface area contributed by atoms with Crippen molar-refractivity contribution in [3.05, 3.63) is 51.8 Å². The van der Waals surface area contributed by atoms with Gasteiger partial charge in [0, 0.05) is 34.4 Å². The normalized spacial score (nSPS) is 12.6. The zero-order valence-electron chi connectivity index (χ0n) is 15.5. The first-order valence-electron chi connectivity index (χ1n) is 8.45.